The summed E-state index contributed by atoms with van der Waals surface area (Å²) in [5.41, 5.74) is 6.30. The van der Waals surface area contributed by atoms with E-state index in [0.717, 1.165) is 5.56 Å². The maximum absolute atomic E-state index is 11.8. The van der Waals surface area contributed by atoms with E-state index in [0.29, 0.717) is 21.6 Å². The van der Waals surface area contributed by atoms with Gasteiger partial charge >= 0.3 is 0 Å². The van der Waals surface area contributed by atoms with E-state index in [9.17, 15) is 4.21 Å². The quantitative estimate of drug-likeness (QED) is 0.921. The van der Waals surface area contributed by atoms with Gasteiger partial charge in [0.2, 0.25) is 0 Å². The minimum absolute atomic E-state index is 0.416. The Morgan fingerprint density at radius 1 is 1.31 bits per heavy atom. The second-order valence-corrected chi connectivity index (χ2v) is 6.74. The molecule has 1 aromatic carbocycles. The molecule has 0 saturated heterocycles. The summed E-state index contributed by atoms with van der Waals surface area (Å²) in [4.78, 5) is 0. The third-order valence-corrected chi connectivity index (χ3v) is 4.30. The lowest BCUT2D eigenvalue weighted by Gasteiger charge is -2.17. The van der Waals surface area contributed by atoms with Gasteiger partial charge in [-0.1, -0.05) is 29.3 Å². The van der Waals surface area contributed by atoms with Gasteiger partial charge in [-0.2, -0.15) is 0 Å². The Kier molecular flexibility index (Phi) is 4.80. The van der Waals surface area contributed by atoms with Crippen molar-refractivity contribution in [3.63, 3.8) is 0 Å². The number of rotatable bonds is 4. The fourth-order valence-corrected chi connectivity index (χ4v) is 3.09. The molecule has 0 spiro atoms. The van der Waals surface area contributed by atoms with E-state index >= 15 is 0 Å². The highest BCUT2D eigenvalue weighted by atomic mass is 35.5. The molecular weight excluding hydrogens is 265 g/mol. The molecule has 0 aliphatic heterocycles. The predicted molar refractivity (Wildman–Crippen MR) is 71.4 cm³/mol. The van der Waals surface area contributed by atoms with Gasteiger partial charge in [0.1, 0.15) is 0 Å². The van der Waals surface area contributed by atoms with Crippen LogP contribution in [0, 0.1) is 0 Å². The number of nitrogens with two attached hydrogens (primary N) is 1. The maximum Gasteiger partial charge on any atom is 0.0595 e. The first-order valence-corrected chi connectivity index (χ1v) is 7.10. The number of benzene rings is 1. The first-order chi connectivity index (χ1) is 7.28. The molecule has 0 aromatic heterocycles. The van der Waals surface area contributed by atoms with Gasteiger partial charge in [-0.3, -0.25) is 4.21 Å². The molecular formula is C11H15Cl2NOS. The monoisotopic (exact) mass is 279 g/mol. The van der Waals surface area contributed by atoms with Crippen LogP contribution in [0.25, 0.3) is 0 Å². The molecule has 5 heteroatoms. The Morgan fingerprint density at radius 3 is 2.44 bits per heavy atom. The SMILES string of the molecule is CC(C)(N)CS(=O)Cc1ccc(Cl)c(Cl)c1. The van der Waals surface area contributed by atoms with E-state index < -0.39 is 16.3 Å². The van der Waals surface area contributed by atoms with Crippen LogP contribution in [-0.4, -0.2) is 15.5 Å². The summed E-state index contributed by atoms with van der Waals surface area (Å²) in [6.07, 6.45) is 0. The Balaban J connectivity index is 2.67. The highest BCUT2D eigenvalue weighted by molar-refractivity contribution is 7.84. The van der Waals surface area contributed by atoms with Crippen molar-refractivity contribution in [3.8, 4) is 0 Å². The third kappa shape index (κ3) is 4.83. The zero-order valence-electron chi connectivity index (χ0n) is 9.30. The highest BCUT2D eigenvalue weighted by Crippen LogP contribution is 2.23. The average molecular weight is 280 g/mol. The lowest BCUT2D eigenvalue weighted by Crippen LogP contribution is -2.38. The minimum atomic E-state index is -0.982. The number of hydrogen-bond acceptors (Lipinski definition) is 2. The molecule has 0 radical (unpaired) electrons. The molecule has 1 unspecified atom stereocenters. The fourth-order valence-electron chi connectivity index (χ4n) is 1.28. The molecule has 0 fully saturated rings. The third-order valence-electron chi connectivity index (χ3n) is 1.84. The van der Waals surface area contributed by atoms with E-state index in [1.54, 1.807) is 12.1 Å². The van der Waals surface area contributed by atoms with E-state index in [1.165, 1.54) is 0 Å². The molecule has 2 N–H and O–H groups in total. The largest absolute Gasteiger partial charge is 0.325 e. The molecule has 0 amide bonds. The van der Waals surface area contributed by atoms with Crippen LogP contribution < -0.4 is 5.73 Å². The summed E-state index contributed by atoms with van der Waals surface area (Å²) in [7, 11) is -0.982. The first kappa shape index (κ1) is 14.0. The topological polar surface area (TPSA) is 43.1 Å². The van der Waals surface area contributed by atoms with Crippen LogP contribution in [-0.2, 0) is 16.6 Å². The van der Waals surface area contributed by atoms with E-state index in [2.05, 4.69) is 0 Å². The van der Waals surface area contributed by atoms with Crippen molar-refractivity contribution >= 4 is 34.0 Å². The second kappa shape index (κ2) is 5.50. The Morgan fingerprint density at radius 2 is 1.94 bits per heavy atom. The summed E-state index contributed by atoms with van der Waals surface area (Å²) in [5.74, 6) is 0.921. The zero-order chi connectivity index (χ0) is 12.3. The molecule has 16 heavy (non-hydrogen) atoms. The Hall–Kier alpha value is -0.0900. The molecule has 1 atom stereocenters. The maximum atomic E-state index is 11.8. The molecule has 0 aliphatic rings. The van der Waals surface area contributed by atoms with Gasteiger partial charge < -0.3 is 5.73 Å². The summed E-state index contributed by atoms with van der Waals surface area (Å²) in [6, 6.07) is 5.28. The molecule has 0 bridgehead atoms. The van der Waals surface area contributed by atoms with E-state index in [4.69, 9.17) is 28.9 Å². The average Bonchev–Trinajstić information content (AvgIpc) is 2.08. The Labute approximate surface area is 109 Å². The standard InChI is InChI=1S/C11H15Cl2NOS/c1-11(2,14)7-16(15)6-8-3-4-9(12)10(13)5-8/h3-5H,6-7,14H2,1-2H3. The first-order valence-electron chi connectivity index (χ1n) is 4.86. The van der Waals surface area contributed by atoms with Gasteiger partial charge in [0, 0.05) is 27.8 Å². The number of hydrogen-bond donors (Lipinski definition) is 1. The van der Waals surface area contributed by atoms with Gasteiger partial charge in [-0.05, 0) is 31.5 Å². The summed E-state index contributed by atoms with van der Waals surface area (Å²) < 4.78 is 11.8. The molecule has 1 rings (SSSR count). The van der Waals surface area contributed by atoms with Crippen molar-refractivity contribution in [1.82, 2.24) is 0 Å². The van der Waals surface area contributed by atoms with Gasteiger partial charge in [-0.25, -0.2) is 0 Å². The van der Waals surface area contributed by atoms with Crippen LogP contribution in [0.3, 0.4) is 0 Å². The lowest BCUT2D eigenvalue weighted by atomic mass is 10.1. The van der Waals surface area contributed by atoms with Crippen molar-refractivity contribution < 1.29 is 4.21 Å². The predicted octanol–water partition coefficient (Wildman–Crippen LogP) is 2.98. The molecule has 2 nitrogen and oxygen atoms in total. The fraction of sp³-hybridized carbons (Fsp3) is 0.455. The minimum Gasteiger partial charge on any atom is -0.325 e. The van der Waals surface area contributed by atoms with Crippen LogP contribution in [0.15, 0.2) is 18.2 Å². The van der Waals surface area contributed by atoms with Crippen molar-refractivity contribution in [1.29, 1.82) is 0 Å². The summed E-state index contributed by atoms with van der Waals surface area (Å²) in [6.45, 7) is 3.72. The summed E-state index contributed by atoms with van der Waals surface area (Å²) in [5, 5.41) is 0.999. The van der Waals surface area contributed by atoms with Crippen LogP contribution >= 0.6 is 23.2 Å². The van der Waals surface area contributed by atoms with Crippen molar-refractivity contribution in [2.24, 2.45) is 5.73 Å². The zero-order valence-corrected chi connectivity index (χ0v) is 11.6. The molecule has 0 saturated carbocycles. The normalized spacial score (nSPS) is 13.8. The van der Waals surface area contributed by atoms with Crippen molar-refractivity contribution in [3.05, 3.63) is 33.8 Å². The number of halogens is 2. The van der Waals surface area contributed by atoms with E-state index in [1.807, 2.05) is 19.9 Å². The Bertz CT molecular complexity index is 401. The lowest BCUT2D eigenvalue weighted by molar-refractivity contribution is 0.577. The smallest absolute Gasteiger partial charge is 0.0595 e. The van der Waals surface area contributed by atoms with Crippen molar-refractivity contribution in [2.75, 3.05) is 5.75 Å². The van der Waals surface area contributed by atoms with Crippen LogP contribution in [0.4, 0.5) is 0 Å². The van der Waals surface area contributed by atoms with Crippen LogP contribution in [0.5, 0.6) is 0 Å². The summed E-state index contributed by atoms with van der Waals surface area (Å²) >= 11 is 11.7. The molecule has 0 heterocycles. The second-order valence-electron chi connectivity index (χ2n) is 4.47. The molecule has 1 aromatic rings. The van der Waals surface area contributed by atoms with Crippen LogP contribution in [0.2, 0.25) is 10.0 Å². The van der Waals surface area contributed by atoms with Gasteiger partial charge in [0.05, 0.1) is 10.0 Å². The van der Waals surface area contributed by atoms with Gasteiger partial charge in [0.25, 0.3) is 0 Å². The molecule has 90 valence electrons. The molecule has 0 aliphatic carbocycles. The highest BCUT2D eigenvalue weighted by Gasteiger charge is 2.15. The van der Waals surface area contributed by atoms with Gasteiger partial charge in [0.15, 0.2) is 0 Å². The van der Waals surface area contributed by atoms with E-state index in [-0.39, 0.29) is 0 Å². The van der Waals surface area contributed by atoms with Crippen LogP contribution in [0.1, 0.15) is 19.4 Å². The van der Waals surface area contributed by atoms with Gasteiger partial charge in [-0.15, -0.1) is 0 Å². The van der Waals surface area contributed by atoms with Crippen molar-refractivity contribution in [2.45, 2.75) is 25.1 Å².